The first-order valence-corrected chi connectivity index (χ1v) is 5.84. The van der Waals surface area contributed by atoms with Gasteiger partial charge in [0.15, 0.2) is 0 Å². The largest absolute Gasteiger partial charge is 0.390 e. The molecule has 1 fully saturated rings. The van der Waals surface area contributed by atoms with Gasteiger partial charge in [0.1, 0.15) is 23.5 Å². The van der Waals surface area contributed by atoms with Gasteiger partial charge in [0.2, 0.25) is 0 Å². The van der Waals surface area contributed by atoms with Crippen LogP contribution in [0.3, 0.4) is 0 Å². The Balaban J connectivity index is 2.17. The molecule has 1 aliphatic heterocycles. The lowest BCUT2D eigenvalue weighted by atomic mass is 9.89. The smallest absolute Gasteiger partial charge is 0.134 e. The van der Waals surface area contributed by atoms with Crippen LogP contribution in [0.1, 0.15) is 13.8 Å². The number of aromatic nitrogens is 2. The molecule has 4 nitrogen and oxygen atoms in total. The molecule has 0 spiro atoms. The molecule has 2 rings (SSSR count). The Morgan fingerprint density at radius 2 is 2.18 bits per heavy atom. The van der Waals surface area contributed by atoms with E-state index in [2.05, 4.69) is 9.97 Å². The SMILES string of the molecule is CC(C)(O)[C@@H]1CN(c2cc(Cl)ncn2)C[C@@H]1F. The van der Waals surface area contributed by atoms with Crippen LogP contribution >= 0.6 is 11.6 Å². The summed E-state index contributed by atoms with van der Waals surface area (Å²) in [6, 6.07) is 1.60. The van der Waals surface area contributed by atoms with E-state index in [9.17, 15) is 9.50 Å². The average molecular weight is 260 g/mol. The predicted octanol–water partition coefficient (Wildman–Crippen LogP) is 1.68. The van der Waals surface area contributed by atoms with E-state index in [1.54, 1.807) is 24.8 Å². The van der Waals surface area contributed by atoms with E-state index in [1.165, 1.54) is 6.33 Å². The summed E-state index contributed by atoms with van der Waals surface area (Å²) in [5, 5.41) is 10.2. The number of alkyl halides is 1. The molecule has 1 aromatic rings. The van der Waals surface area contributed by atoms with E-state index >= 15 is 0 Å². The molecule has 6 heteroatoms. The molecule has 0 unspecified atom stereocenters. The number of nitrogens with zero attached hydrogens (tertiary/aromatic N) is 3. The maximum absolute atomic E-state index is 13.8. The molecule has 1 saturated heterocycles. The fourth-order valence-electron chi connectivity index (χ4n) is 2.11. The van der Waals surface area contributed by atoms with Gasteiger partial charge < -0.3 is 10.0 Å². The Morgan fingerprint density at radius 3 is 2.71 bits per heavy atom. The minimum Gasteiger partial charge on any atom is -0.390 e. The molecule has 0 radical (unpaired) electrons. The zero-order valence-corrected chi connectivity index (χ0v) is 10.5. The lowest BCUT2D eigenvalue weighted by Gasteiger charge is -2.26. The van der Waals surface area contributed by atoms with Crippen LogP contribution in [0.4, 0.5) is 10.2 Å². The maximum Gasteiger partial charge on any atom is 0.134 e. The lowest BCUT2D eigenvalue weighted by molar-refractivity contribution is -0.000240. The first-order chi connectivity index (χ1) is 7.88. The topological polar surface area (TPSA) is 49.2 Å². The number of aliphatic hydroxyl groups is 1. The molecule has 1 N–H and O–H groups in total. The van der Waals surface area contributed by atoms with Crippen LogP contribution in [0.25, 0.3) is 0 Å². The van der Waals surface area contributed by atoms with Crippen molar-refractivity contribution in [3.63, 3.8) is 0 Å². The van der Waals surface area contributed by atoms with Crippen molar-refractivity contribution in [2.24, 2.45) is 5.92 Å². The van der Waals surface area contributed by atoms with Gasteiger partial charge in [-0.3, -0.25) is 0 Å². The summed E-state index contributed by atoms with van der Waals surface area (Å²) in [5.41, 5.74) is -1.04. The van der Waals surface area contributed by atoms with Crippen LogP contribution in [0.15, 0.2) is 12.4 Å². The molecule has 0 saturated carbocycles. The summed E-state index contributed by atoms with van der Waals surface area (Å²) in [7, 11) is 0. The van der Waals surface area contributed by atoms with E-state index in [0.717, 1.165) is 0 Å². The average Bonchev–Trinajstić information content (AvgIpc) is 2.60. The molecule has 2 atom stereocenters. The number of anilines is 1. The number of halogens is 2. The van der Waals surface area contributed by atoms with Crippen molar-refractivity contribution in [1.29, 1.82) is 0 Å². The van der Waals surface area contributed by atoms with E-state index in [1.807, 2.05) is 0 Å². The van der Waals surface area contributed by atoms with Crippen LogP contribution < -0.4 is 4.90 Å². The summed E-state index contributed by atoms with van der Waals surface area (Å²) in [6.45, 7) is 3.90. The molecular weight excluding hydrogens is 245 g/mol. The molecule has 1 aliphatic rings. The van der Waals surface area contributed by atoms with Gasteiger partial charge in [0.05, 0.1) is 12.1 Å². The zero-order chi connectivity index (χ0) is 12.6. The first kappa shape index (κ1) is 12.5. The summed E-state index contributed by atoms with van der Waals surface area (Å²) < 4.78 is 13.8. The van der Waals surface area contributed by atoms with Gasteiger partial charge in [-0.05, 0) is 13.8 Å². The molecule has 1 aromatic heterocycles. The molecule has 94 valence electrons. The summed E-state index contributed by atoms with van der Waals surface area (Å²) in [5.74, 6) is 0.177. The van der Waals surface area contributed by atoms with E-state index in [-0.39, 0.29) is 6.54 Å². The third-order valence-electron chi connectivity index (χ3n) is 3.10. The third kappa shape index (κ3) is 2.66. The Morgan fingerprint density at radius 1 is 1.47 bits per heavy atom. The molecule has 0 aliphatic carbocycles. The molecule has 0 amide bonds. The molecular formula is C11H15ClFN3O. The van der Waals surface area contributed by atoms with Crippen molar-refractivity contribution in [3.05, 3.63) is 17.5 Å². The van der Waals surface area contributed by atoms with Gasteiger partial charge in [-0.15, -0.1) is 0 Å². The van der Waals surface area contributed by atoms with Crippen LogP contribution in [-0.4, -0.2) is 39.9 Å². The summed E-state index contributed by atoms with van der Waals surface area (Å²) in [4.78, 5) is 9.62. The Bertz CT molecular complexity index is 410. The van der Waals surface area contributed by atoms with Gasteiger partial charge in [-0.25, -0.2) is 14.4 Å². The molecule has 17 heavy (non-hydrogen) atoms. The molecule has 0 aromatic carbocycles. The Kier molecular flexibility index (Phi) is 3.23. The van der Waals surface area contributed by atoms with Crippen LogP contribution in [0.2, 0.25) is 5.15 Å². The number of hydrogen-bond donors (Lipinski definition) is 1. The van der Waals surface area contributed by atoms with Crippen LogP contribution in [0, 0.1) is 5.92 Å². The Labute approximate surface area is 104 Å². The first-order valence-electron chi connectivity index (χ1n) is 5.47. The highest BCUT2D eigenvalue weighted by molar-refractivity contribution is 6.29. The quantitative estimate of drug-likeness (QED) is 0.821. The predicted molar refractivity (Wildman–Crippen MR) is 63.9 cm³/mol. The van der Waals surface area contributed by atoms with Crippen molar-refractivity contribution in [1.82, 2.24) is 9.97 Å². The van der Waals surface area contributed by atoms with Crippen molar-refractivity contribution in [2.45, 2.75) is 25.6 Å². The zero-order valence-electron chi connectivity index (χ0n) is 9.77. The summed E-state index contributed by atoms with van der Waals surface area (Å²) >= 11 is 5.77. The van der Waals surface area contributed by atoms with Gasteiger partial charge in [-0.2, -0.15) is 0 Å². The van der Waals surface area contributed by atoms with Crippen molar-refractivity contribution >= 4 is 17.4 Å². The highest BCUT2D eigenvalue weighted by atomic mass is 35.5. The van der Waals surface area contributed by atoms with Gasteiger partial charge in [0.25, 0.3) is 0 Å². The normalized spacial score (nSPS) is 25.4. The monoisotopic (exact) mass is 259 g/mol. The molecule has 0 bridgehead atoms. The second kappa shape index (κ2) is 4.38. The van der Waals surface area contributed by atoms with E-state index in [4.69, 9.17) is 11.6 Å². The van der Waals surface area contributed by atoms with Crippen LogP contribution in [-0.2, 0) is 0 Å². The fourth-order valence-corrected chi connectivity index (χ4v) is 2.26. The van der Waals surface area contributed by atoms with Crippen molar-refractivity contribution < 1.29 is 9.50 Å². The van der Waals surface area contributed by atoms with Gasteiger partial charge >= 0.3 is 0 Å². The number of hydrogen-bond acceptors (Lipinski definition) is 4. The number of rotatable bonds is 2. The van der Waals surface area contributed by atoms with Crippen molar-refractivity contribution in [2.75, 3.05) is 18.0 Å². The molecule has 2 heterocycles. The van der Waals surface area contributed by atoms with E-state index in [0.29, 0.717) is 17.5 Å². The minimum atomic E-state index is -1.07. The maximum atomic E-state index is 13.8. The lowest BCUT2D eigenvalue weighted by Crippen LogP contribution is -2.37. The fraction of sp³-hybridized carbons (Fsp3) is 0.636. The Hall–Kier alpha value is -0.940. The standard InChI is InChI=1S/C11H15ClFN3O/c1-11(2,17)7-4-16(5-8(7)13)10-3-9(12)14-6-15-10/h3,6-8,17H,4-5H2,1-2H3/t7-,8+/m1/s1. The third-order valence-corrected chi connectivity index (χ3v) is 3.31. The second-order valence-electron chi connectivity index (χ2n) is 4.88. The minimum absolute atomic E-state index is 0.224. The highest BCUT2D eigenvalue weighted by Crippen LogP contribution is 2.32. The van der Waals surface area contributed by atoms with Crippen LogP contribution in [0.5, 0.6) is 0 Å². The van der Waals surface area contributed by atoms with Gasteiger partial charge in [0, 0.05) is 18.5 Å². The summed E-state index contributed by atoms with van der Waals surface area (Å²) in [6.07, 6.45) is 0.284. The van der Waals surface area contributed by atoms with E-state index < -0.39 is 17.7 Å². The van der Waals surface area contributed by atoms with Gasteiger partial charge in [-0.1, -0.05) is 11.6 Å². The highest BCUT2D eigenvalue weighted by Gasteiger charge is 2.42. The van der Waals surface area contributed by atoms with Crippen molar-refractivity contribution in [3.8, 4) is 0 Å². The second-order valence-corrected chi connectivity index (χ2v) is 5.27.